The van der Waals surface area contributed by atoms with Gasteiger partial charge in [-0.3, -0.25) is 0 Å². The Morgan fingerprint density at radius 3 is 2.55 bits per heavy atom. The Hall–Kier alpha value is -2.49. The monoisotopic (exact) mass is 398 g/mol. The van der Waals surface area contributed by atoms with Crippen molar-refractivity contribution in [3.05, 3.63) is 70.6 Å². The van der Waals surface area contributed by atoms with Crippen molar-refractivity contribution in [1.29, 1.82) is 0 Å². The van der Waals surface area contributed by atoms with Crippen molar-refractivity contribution in [2.75, 3.05) is 0 Å². The van der Waals surface area contributed by atoms with Crippen molar-refractivity contribution < 1.29 is 19.1 Å². The molecule has 1 unspecified atom stereocenters. The first-order valence-electron chi connectivity index (χ1n) is 10.5. The molecule has 0 spiro atoms. The summed E-state index contributed by atoms with van der Waals surface area (Å²) < 4.78 is 10.2. The molecule has 2 rings (SSSR count). The molecule has 0 saturated heterocycles. The number of esters is 1. The van der Waals surface area contributed by atoms with Gasteiger partial charge in [-0.2, -0.15) is 0 Å². The molecule has 4 nitrogen and oxygen atoms in total. The van der Waals surface area contributed by atoms with Gasteiger partial charge in [-0.1, -0.05) is 30.2 Å². The highest BCUT2D eigenvalue weighted by Gasteiger charge is 2.26. The van der Waals surface area contributed by atoms with Crippen molar-refractivity contribution >= 4 is 5.97 Å². The Morgan fingerprint density at radius 1 is 1.17 bits per heavy atom. The summed E-state index contributed by atoms with van der Waals surface area (Å²) in [5.41, 5.74) is 4.66. The molecule has 0 fully saturated rings. The van der Waals surface area contributed by atoms with Crippen LogP contribution in [-0.2, 0) is 16.0 Å². The average molecular weight is 399 g/mol. The number of allylic oxidation sites excluding steroid dienone is 6. The summed E-state index contributed by atoms with van der Waals surface area (Å²) in [5, 5.41) is 9.56. The first-order valence-corrected chi connectivity index (χ1v) is 10.5. The van der Waals surface area contributed by atoms with E-state index in [0.717, 1.165) is 44.9 Å². The van der Waals surface area contributed by atoms with Crippen LogP contribution in [0.1, 0.15) is 71.8 Å². The van der Waals surface area contributed by atoms with Gasteiger partial charge in [0.15, 0.2) is 0 Å². The zero-order valence-corrected chi connectivity index (χ0v) is 18.2. The number of furan rings is 1. The molecule has 2 heterocycles. The van der Waals surface area contributed by atoms with Crippen LogP contribution in [0.3, 0.4) is 0 Å². The molecule has 0 bridgehead atoms. The van der Waals surface area contributed by atoms with Crippen LogP contribution >= 0.6 is 0 Å². The standard InChI is InChI=1S/C25H34O4/c1-18(8-5-9-19(2)11-7-13-22-14-15-28-17-22)10-6-12-20(3)16-23-21(4)24(26)25(27)29-23/h8,11,14-17,20,26H,5-7,9-10,12-13H2,1-4H3. The van der Waals surface area contributed by atoms with Crippen LogP contribution in [0.4, 0.5) is 0 Å². The van der Waals surface area contributed by atoms with E-state index in [1.165, 1.54) is 16.7 Å². The second kappa shape index (κ2) is 11.5. The summed E-state index contributed by atoms with van der Waals surface area (Å²) in [5.74, 6) is -0.118. The van der Waals surface area contributed by atoms with Crippen LogP contribution in [0.2, 0.25) is 0 Å². The van der Waals surface area contributed by atoms with E-state index in [1.807, 2.05) is 18.4 Å². The number of aryl methyl sites for hydroxylation is 1. The van der Waals surface area contributed by atoms with Crippen LogP contribution in [-0.4, -0.2) is 11.1 Å². The summed E-state index contributed by atoms with van der Waals surface area (Å²) >= 11 is 0. The topological polar surface area (TPSA) is 59.7 Å². The lowest BCUT2D eigenvalue weighted by molar-refractivity contribution is -0.135. The Kier molecular flexibility index (Phi) is 9.04. The third-order valence-electron chi connectivity index (χ3n) is 5.32. The molecule has 1 N–H and O–H groups in total. The fourth-order valence-electron chi connectivity index (χ4n) is 3.37. The minimum atomic E-state index is -0.648. The van der Waals surface area contributed by atoms with Gasteiger partial charge < -0.3 is 14.3 Å². The molecule has 4 heteroatoms. The van der Waals surface area contributed by atoms with Crippen LogP contribution in [0, 0.1) is 5.92 Å². The summed E-state index contributed by atoms with van der Waals surface area (Å²) in [7, 11) is 0. The zero-order chi connectivity index (χ0) is 21.2. The number of aliphatic hydroxyl groups is 1. The molecule has 1 aliphatic heterocycles. The van der Waals surface area contributed by atoms with E-state index in [9.17, 15) is 9.90 Å². The lowest BCUT2D eigenvalue weighted by Crippen LogP contribution is -1.98. The molecule has 158 valence electrons. The molecular formula is C25H34O4. The largest absolute Gasteiger partial charge is 0.502 e. The lowest BCUT2D eigenvalue weighted by atomic mass is 9.99. The van der Waals surface area contributed by atoms with Gasteiger partial charge in [-0.25, -0.2) is 4.79 Å². The van der Waals surface area contributed by atoms with Crippen LogP contribution in [0.5, 0.6) is 0 Å². The van der Waals surface area contributed by atoms with E-state index in [1.54, 1.807) is 13.2 Å². The van der Waals surface area contributed by atoms with Crippen molar-refractivity contribution in [2.24, 2.45) is 5.92 Å². The third-order valence-corrected chi connectivity index (χ3v) is 5.32. The predicted molar refractivity (Wildman–Crippen MR) is 116 cm³/mol. The Balaban J connectivity index is 1.63. The summed E-state index contributed by atoms with van der Waals surface area (Å²) in [6.45, 7) is 8.22. The fraction of sp³-hybridized carbons (Fsp3) is 0.480. The van der Waals surface area contributed by atoms with E-state index in [-0.39, 0.29) is 5.76 Å². The van der Waals surface area contributed by atoms with Crippen molar-refractivity contribution in [3.8, 4) is 0 Å². The molecule has 1 aromatic rings. The Labute approximate surface area is 174 Å². The van der Waals surface area contributed by atoms with Gasteiger partial charge in [0.05, 0.1) is 12.5 Å². The van der Waals surface area contributed by atoms with E-state index in [4.69, 9.17) is 9.15 Å². The normalized spacial score (nSPS) is 17.9. The van der Waals surface area contributed by atoms with Gasteiger partial charge in [0, 0.05) is 5.57 Å². The quantitative estimate of drug-likeness (QED) is 0.323. The molecule has 0 aliphatic carbocycles. The van der Waals surface area contributed by atoms with Crippen LogP contribution in [0.15, 0.2) is 69.5 Å². The number of hydrogen-bond acceptors (Lipinski definition) is 4. The van der Waals surface area contributed by atoms with Gasteiger partial charge in [-0.15, -0.1) is 0 Å². The van der Waals surface area contributed by atoms with Crippen LogP contribution < -0.4 is 0 Å². The smallest absolute Gasteiger partial charge is 0.379 e. The number of rotatable bonds is 11. The molecule has 0 saturated carbocycles. The number of hydrogen-bond donors (Lipinski definition) is 1. The van der Waals surface area contributed by atoms with Gasteiger partial charge >= 0.3 is 5.97 Å². The second-order valence-electron chi connectivity index (χ2n) is 8.07. The summed E-state index contributed by atoms with van der Waals surface area (Å²) in [6, 6.07) is 2.02. The number of cyclic esters (lactones) is 1. The molecule has 0 amide bonds. The first-order chi connectivity index (χ1) is 13.9. The number of ether oxygens (including phenoxy) is 1. The molecule has 1 aliphatic rings. The van der Waals surface area contributed by atoms with E-state index < -0.39 is 5.97 Å². The first kappa shape index (κ1) is 22.8. The molecular weight excluding hydrogens is 364 g/mol. The predicted octanol–water partition coefficient (Wildman–Crippen LogP) is 6.96. The fourth-order valence-corrected chi connectivity index (χ4v) is 3.37. The molecule has 0 radical (unpaired) electrons. The molecule has 0 aromatic carbocycles. The highest BCUT2D eigenvalue weighted by Crippen LogP contribution is 2.26. The zero-order valence-electron chi connectivity index (χ0n) is 18.2. The molecule has 1 aromatic heterocycles. The molecule has 29 heavy (non-hydrogen) atoms. The Morgan fingerprint density at radius 2 is 1.90 bits per heavy atom. The van der Waals surface area contributed by atoms with E-state index in [2.05, 4.69) is 32.9 Å². The van der Waals surface area contributed by atoms with Gasteiger partial charge in [0.25, 0.3) is 0 Å². The van der Waals surface area contributed by atoms with Crippen LogP contribution in [0.25, 0.3) is 0 Å². The number of aliphatic hydroxyl groups excluding tert-OH is 1. The van der Waals surface area contributed by atoms with Gasteiger partial charge in [0.1, 0.15) is 5.76 Å². The maximum absolute atomic E-state index is 11.4. The number of carbonyl (C=O) groups excluding carboxylic acids is 1. The van der Waals surface area contributed by atoms with Gasteiger partial charge in [0.2, 0.25) is 5.76 Å². The van der Waals surface area contributed by atoms with Gasteiger partial charge in [-0.05, 0) is 89.3 Å². The average Bonchev–Trinajstić information content (AvgIpc) is 3.27. The highest BCUT2D eigenvalue weighted by molar-refractivity contribution is 5.91. The minimum Gasteiger partial charge on any atom is -0.502 e. The van der Waals surface area contributed by atoms with Crippen molar-refractivity contribution in [1.82, 2.24) is 0 Å². The maximum Gasteiger partial charge on any atom is 0.379 e. The highest BCUT2D eigenvalue weighted by atomic mass is 16.6. The third kappa shape index (κ3) is 7.80. The maximum atomic E-state index is 11.4. The summed E-state index contributed by atoms with van der Waals surface area (Å²) in [4.78, 5) is 11.4. The SMILES string of the molecule is CC(=CCCc1ccoc1)CCC=C(C)CCCC(C)C=C1OC(=O)C(O)=C1C. The summed E-state index contributed by atoms with van der Waals surface area (Å²) in [6.07, 6.45) is 17.6. The lowest BCUT2D eigenvalue weighted by Gasteiger charge is -2.08. The Bertz CT molecular complexity index is 791. The number of carbonyl (C=O) groups is 1. The second-order valence-corrected chi connectivity index (χ2v) is 8.07. The molecule has 1 atom stereocenters. The van der Waals surface area contributed by atoms with E-state index in [0.29, 0.717) is 17.3 Å². The van der Waals surface area contributed by atoms with E-state index >= 15 is 0 Å². The minimum absolute atomic E-state index is 0.270. The van der Waals surface area contributed by atoms with Crippen molar-refractivity contribution in [2.45, 2.75) is 72.6 Å². The van der Waals surface area contributed by atoms with Crippen molar-refractivity contribution in [3.63, 3.8) is 0 Å².